The standard InChI is InChI=1S/C71H86F3N13O11/c1-5-52-64(91)83-58(31-43-19-23-49(98-4)24-20-43)69(96)87-29-11-27-71(87,3)70(97)85-56(62(76)89)30-42-17-15-41(16-18-42)12-7-6-8-14-61(88)80-55(13-9-10-28-75)65(92)79-40(2)63(90)82-57(32-44-37-77-53-25-21-46(72)34-50(44)53)66(93)84-59(33-45-38-78-54-26-22-47(73)35-51(45)54)68(95)86-39-48(74)36-60(86)67(94)81-52/h7,12,15-26,34-35,37-38,40,48,52,55-60,77-78H,5-6,8-11,13-14,27-33,36,39,75H2,1-4H3,(H2,76,89)(H,79,92)(H,80,88)(H,81,94)(H,82,90)(H,83,91)(H,84,93)(H,85,97)/b12-7-/t40-,48+,52+,55+,56+,57+,58+,59+,60+,71+/m1/s1. The molecule has 0 radical (unpaired) electrons. The number of nitrogens with zero attached hydrogens (tertiary/aromatic N) is 2. The maximum atomic E-state index is 16.1. The van der Waals surface area contributed by atoms with Crippen molar-refractivity contribution >= 4 is 87.0 Å². The Hall–Kier alpha value is -10.1. The molecule has 10 atom stereocenters. The van der Waals surface area contributed by atoms with E-state index < -0.39 is 150 Å². The smallest absolute Gasteiger partial charge is 0.246 e. The first-order valence-electron chi connectivity index (χ1n) is 33.2. The summed E-state index contributed by atoms with van der Waals surface area (Å²) in [5.41, 5.74) is 13.8. The highest BCUT2D eigenvalue weighted by Gasteiger charge is 2.49. The van der Waals surface area contributed by atoms with Crippen molar-refractivity contribution in [1.82, 2.24) is 57.0 Å². The Bertz CT molecular complexity index is 3940. The topological polar surface area (TPSA) is 354 Å². The summed E-state index contributed by atoms with van der Waals surface area (Å²) in [7, 11) is 1.48. The van der Waals surface area contributed by atoms with Crippen LogP contribution in [0.5, 0.6) is 5.75 Å². The van der Waals surface area contributed by atoms with Gasteiger partial charge in [0.05, 0.1) is 13.7 Å². The molecule has 4 aliphatic rings. The molecule has 10 rings (SSSR count). The second-order valence-corrected chi connectivity index (χ2v) is 25.6. The predicted molar refractivity (Wildman–Crippen MR) is 360 cm³/mol. The first-order valence-corrected chi connectivity index (χ1v) is 33.2. The van der Waals surface area contributed by atoms with E-state index in [0.29, 0.717) is 88.5 Å². The van der Waals surface area contributed by atoms with E-state index in [0.717, 1.165) is 10.5 Å². The largest absolute Gasteiger partial charge is 0.497 e. The Morgan fingerprint density at radius 2 is 1.28 bits per heavy atom. The third kappa shape index (κ3) is 17.9. The number of amides is 10. The summed E-state index contributed by atoms with van der Waals surface area (Å²) in [6.45, 7) is 4.23. The van der Waals surface area contributed by atoms with Crippen molar-refractivity contribution in [3.8, 4) is 5.75 Å². The monoisotopic (exact) mass is 1350 g/mol. The quantitative estimate of drug-likeness (QED) is 0.0574. The van der Waals surface area contributed by atoms with Crippen molar-refractivity contribution in [2.75, 3.05) is 26.7 Å². The van der Waals surface area contributed by atoms with Gasteiger partial charge in [-0.1, -0.05) is 55.5 Å². The molecule has 13 N–H and O–H groups in total. The number of alkyl halides is 1. The molecule has 4 aromatic carbocycles. The number of fused-ring (bicyclic) bond motifs is 29. The molecule has 522 valence electrons. The average molecular weight is 1350 g/mol. The number of carbonyl (C=O) groups is 10. The number of hydrogen-bond donors (Lipinski definition) is 11. The number of halogens is 3. The van der Waals surface area contributed by atoms with Gasteiger partial charge in [0.25, 0.3) is 0 Å². The number of H-pyrrole nitrogens is 2. The van der Waals surface area contributed by atoms with Crippen molar-refractivity contribution < 1.29 is 65.9 Å². The molecule has 4 aliphatic heterocycles. The highest BCUT2D eigenvalue weighted by molar-refractivity contribution is 6.00. The fraction of sp³-hybridized carbons (Fsp3) is 0.437. The van der Waals surface area contributed by atoms with Gasteiger partial charge in [0.2, 0.25) is 59.1 Å². The third-order valence-corrected chi connectivity index (χ3v) is 18.5. The molecule has 24 nitrogen and oxygen atoms in total. The number of benzene rings is 4. The second-order valence-electron chi connectivity index (χ2n) is 25.6. The Morgan fingerprint density at radius 3 is 1.90 bits per heavy atom. The maximum Gasteiger partial charge on any atom is 0.246 e. The molecule has 2 bridgehead atoms. The number of nitrogens with two attached hydrogens (primary N) is 2. The Kier molecular flexibility index (Phi) is 24.2. The summed E-state index contributed by atoms with van der Waals surface area (Å²) in [6.07, 6.45) is 5.98. The first kappa shape index (κ1) is 72.2. The number of ether oxygens (including phenoxy) is 1. The van der Waals surface area contributed by atoms with Gasteiger partial charge in [-0.3, -0.25) is 47.9 Å². The zero-order valence-corrected chi connectivity index (χ0v) is 55.3. The summed E-state index contributed by atoms with van der Waals surface area (Å²) in [4.78, 5) is 153. The summed E-state index contributed by atoms with van der Waals surface area (Å²) in [6, 6.07) is 10.4. The first-order chi connectivity index (χ1) is 46.9. The zero-order chi connectivity index (χ0) is 70.4. The minimum Gasteiger partial charge on any atom is -0.497 e. The van der Waals surface area contributed by atoms with Crippen molar-refractivity contribution in [2.24, 2.45) is 11.5 Å². The number of nitrogens with one attached hydrogen (secondary N) is 9. The normalized spacial score (nSPS) is 25.3. The van der Waals surface area contributed by atoms with Gasteiger partial charge in [0, 0.05) is 79.3 Å². The number of aromatic nitrogens is 2. The number of rotatable bonds is 13. The van der Waals surface area contributed by atoms with Crippen LogP contribution in [0, 0.1) is 11.6 Å². The van der Waals surface area contributed by atoms with Gasteiger partial charge in [-0.25, -0.2) is 13.2 Å². The van der Waals surface area contributed by atoms with E-state index in [2.05, 4.69) is 47.2 Å². The van der Waals surface area contributed by atoms with Crippen LogP contribution in [0.3, 0.4) is 0 Å². The lowest BCUT2D eigenvalue weighted by atomic mass is 9.94. The maximum absolute atomic E-state index is 16.1. The highest BCUT2D eigenvalue weighted by atomic mass is 19.1. The van der Waals surface area contributed by atoms with Crippen LogP contribution in [0.4, 0.5) is 13.2 Å². The molecular weight excluding hydrogens is 1270 g/mol. The van der Waals surface area contributed by atoms with Crippen LogP contribution < -0.4 is 53.4 Å². The van der Waals surface area contributed by atoms with Gasteiger partial charge < -0.3 is 73.2 Å². The van der Waals surface area contributed by atoms with E-state index in [1.807, 2.05) is 24.3 Å². The number of methoxy groups -OCH3 is 1. The van der Waals surface area contributed by atoms with E-state index in [4.69, 9.17) is 16.2 Å². The van der Waals surface area contributed by atoms with Crippen molar-refractivity contribution in [2.45, 2.75) is 171 Å². The number of unbranched alkanes of at least 4 members (excludes halogenated alkanes) is 1. The zero-order valence-electron chi connectivity index (χ0n) is 55.3. The molecular formula is C71H86F3N13O11. The van der Waals surface area contributed by atoms with Crippen LogP contribution in [0.25, 0.3) is 27.9 Å². The average Bonchev–Trinajstić information content (AvgIpc) is 1.62. The molecule has 0 aliphatic carbocycles. The van der Waals surface area contributed by atoms with Crippen LogP contribution in [-0.2, 0) is 73.6 Å². The Balaban J connectivity index is 1.05. The van der Waals surface area contributed by atoms with Crippen molar-refractivity contribution in [3.63, 3.8) is 0 Å². The number of carbonyl (C=O) groups excluding carboxylic acids is 10. The molecule has 0 spiro atoms. The van der Waals surface area contributed by atoms with E-state index in [-0.39, 0.29) is 51.5 Å². The lowest BCUT2D eigenvalue weighted by molar-refractivity contribution is -0.147. The lowest BCUT2D eigenvalue weighted by Crippen LogP contribution is -2.63. The predicted octanol–water partition coefficient (Wildman–Crippen LogP) is 4.16. The fourth-order valence-electron chi connectivity index (χ4n) is 12.9. The molecule has 98 heavy (non-hydrogen) atoms. The molecule has 10 amide bonds. The lowest BCUT2D eigenvalue weighted by Gasteiger charge is -2.37. The second kappa shape index (κ2) is 32.8. The van der Waals surface area contributed by atoms with E-state index in [9.17, 15) is 42.3 Å². The Morgan fingerprint density at radius 1 is 0.673 bits per heavy atom. The van der Waals surface area contributed by atoms with Crippen LogP contribution in [0.1, 0.15) is 113 Å². The molecule has 0 saturated carbocycles. The number of hydrogen-bond acceptors (Lipinski definition) is 12. The summed E-state index contributed by atoms with van der Waals surface area (Å²) >= 11 is 0. The number of primary amides is 1. The summed E-state index contributed by atoms with van der Waals surface area (Å²) in [5, 5.41) is 19.8. The summed E-state index contributed by atoms with van der Waals surface area (Å²) in [5.74, 6) is -8.70. The molecule has 2 aromatic heterocycles. The fourth-order valence-corrected chi connectivity index (χ4v) is 12.9. The van der Waals surface area contributed by atoms with E-state index in [1.165, 1.54) is 67.7 Å². The third-order valence-electron chi connectivity index (χ3n) is 18.5. The van der Waals surface area contributed by atoms with Gasteiger partial charge in [-0.15, -0.1) is 0 Å². The van der Waals surface area contributed by atoms with Crippen LogP contribution in [0.15, 0.2) is 103 Å². The van der Waals surface area contributed by atoms with E-state index in [1.54, 1.807) is 50.2 Å². The molecule has 6 heterocycles. The van der Waals surface area contributed by atoms with Crippen molar-refractivity contribution in [1.29, 1.82) is 0 Å². The van der Waals surface area contributed by atoms with Gasteiger partial charge >= 0.3 is 0 Å². The van der Waals surface area contributed by atoms with Gasteiger partial charge in [0.15, 0.2) is 0 Å². The Labute approximate surface area is 565 Å². The minimum absolute atomic E-state index is 0.00210. The molecule has 2 fully saturated rings. The van der Waals surface area contributed by atoms with Crippen molar-refractivity contribution in [3.05, 3.63) is 143 Å². The van der Waals surface area contributed by atoms with Crippen LogP contribution in [-0.4, -0.2) is 166 Å². The molecule has 2 saturated heterocycles. The highest BCUT2D eigenvalue weighted by Crippen LogP contribution is 2.32. The molecule has 27 heteroatoms. The summed E-state index contributed by atoms with van der Waals surface area (Å²) < 4.78 is 51.3. The number of aromatic amines is 2. The SMILES string of the molecule is CC[C@@H]1NC(=O)[C@@H]2C[C@H](F)CN2C(=O)[C@H](Cc2c[nH]c3ccc(F)cc23)NC(=O)[C@H](Cc2c[nH]c3ccc(F)cc23)NC(=O)[C@@H](C)NC(=O)[C@H](CCCCN)NC(=O)CCC/C=C\c2ccc(cc2)C[C@@H](C(N)=O)NC(=O)[C@]2(C)CCCN2C(=O)[C@H](Cc2ccc(OC)cc2)NC1=O. The number of allylic oxidation sites excluding steroid dienone is 1. The van der Waals surface area contributed by atoms with Crippen LogP contribution in [0.2, 0.25) is 0 Å². The van der Waals surface area contributed by atoms with Gasteiger partial charge in [-0.05, 0) is 148 Å². The molecule has 6 aromatic rings. The molecule has 0 unspecified atom stereocenters. The van der Waals surface area contributed by atoms with E-state index >= 15 is 18.8 Å². The minimum atomic E-state index is -1.81. The van der Waals surface area contributed by atoms with Gasteiger partial charge in [-0.2, -0.15) is 0 Å². The van der Waals surface area contributed by atoms with Crippen LogP contribution >= 0.6 is 0 Å². The van der Waals surface area contributed by atoms with Gasteiger partial charge in [0.1, 0.15) is 77.4 Å².